The van der Waals surface area contributed by atoms with Crippen LogP contribution in [-0.4, -0.2) is 25.0 Å². The van der Waals surface area contributed by atoms with Crippen LogP contribution in [0.25, 0.3) is 6.08 Å². The zero-order valence-corrected chi connectivity index (χ0v) is 18.1. The summed E-state index contributed by atoms with van der Waals surface area (Å²) in [6, 6.07) is 8.50. The lowest BCUT2D eigenvalue weighted by atomic mass is 9.95. The van der Waals surface area contributed by atoms with Crippen molar-refractivity contribution in [3.05, 3.63) is 63.7 Å². The van der Waals surface area contributed by atoms with E-state index in [4.69, 9.17) is 4.74 Å². The van der Waals surface area contributed by atoms with Crippen LogP contribution in [0.4, 0.5) is 10.5 Å². The molecule has 0 atom stereocenters. The number of hydrogen-bond acceptors (Lipinski definition) is 4. The van der Waals surface area contributed by atoms with E-state index < -0.39 is 17.8 Å². The summed E-state index contributed by atoms with van der Waals surface area (Å²) in [6.45, 7) is 9.75. The number of aryl methyl sites for hydroxylation is 3. The van der Waals surface area contributed by atoms with Crippen molar-refractivity contribution >= 4 is 29.6 Å². The van der Waals surface area contributed by atoms with Gasteiger partial charge in [0.1, 0.15) is 11.3 Å². The fourth-order valence-electron chi connectivity index (χ4n) is 3.63. The summed E-state index contributed by atoms with van der Waals surface area (Å²) < 4.78 is 5.47. The molecule has 0 unspecified atom stereocenters. The summed E-state index contributed by atoms with van der Waals surface area (Å²) >= 11 is 0. The number of imide groups is 2. The van der Waals surface area contributed by atoms with Crippen molar-refractivity contribution in [2.45, 2.75) is 40.5 Å². The number of ether oxygens (including phenoxy) is 1. The van der Waals surface area contributed by atoms with E-state index >= 15 is 0 Å². The summed E-state index contributed by atoms with van der Waals surface area (Å²) in [4.78, 5) is 39.2. The molecule has 0 saturated carbocycles. The third-order valence-electron chi connectivity index (χ3n) is 5.11. The van der Waals surface area contributed by atoms with Crippen LogP contribution in [0.2, 0.25) is 0 Å². The van der Waals surface area contributed by atoms with E-state index in [0.29, 0.717) is 5.69 Å². The highest BCUT2D eigenvalue weighted by atomic mass is 16.5. The minimum atomic E-state index is -0.749. The van der Waals surface area contributed by atoms with Crippen molar-refractivity contribution in [3.8, 4) is 5.75 Å². The van der Waals surface area contributed by atoms with Crippen LogP contribution in [0.1, 0.15) is 47.6 Å². The Balaban J connectivity index is 2.10. The first-order valence-corrected chi connectivity index (χ1v) is 9.80. The van der Waals surface area contributed by atoms with Crippen LogP contribution in [0.15, 0.2) is 35.9 Å². The van der Waals surface area contributed by atoms with Gasteiger partial charge in [0.15, 0.2) is 0 Å². The number of rotatable bonds is 4. The molecule has 0 radical (unpaired) electrons. The van der Waals surface area contributed by atoms with Crippen LogP contribution >= 0.6 is 0 Å². The van der Waals surface area contributed by atoms with E-state index in [2.05, 4.69) is 5.32 Å². The molecular formula is C24H26N2O4. The van der Waals surface area contributed by atoms with Gasteiger partial charge in [0.2, 0.25) is 0 Å². The third-order valence-corrected chi connectivity index (χ3v) is 5.11. The zero-order valence-electron chi connectivity index (χ0n) is 18.1. The Morgan fingerprint density at radius 1 is 0.967 bits per heavy atom. The minimum Gasteiger partial charge on any atom is -0.496 e. The number of carbonyl (C=O) groups is 3. The first kappa shape index (κ1) is 21.3. The molecule has 0 aromatic heterocycles. The molecule has 1 heterocycles. The first-order chi connectivity index (χ1) is 14.1. The molecule has 6 heteroatoms. The first-order valence-electron chi connectivity index (χ1n) is 9.80. The van der Waals surface area contributed by atoms with Crippen molar-refractivity contribution in [1.82, 2.24) is 5.32 Å². The van der Waals surface area contributed by atoms with E-state index in [0.717, 1.165) is 38.5 Å². The standard InChI is InChI=1S/C24H26N2O4/c1-13(2)19-11-17(16(5)10-21(19)30-6)12-20-22(27)25-24(29)26(23(20)28)18-8-14(3)7-15(4)9-18/h7-13H,1-6H3,(H,25,27,29)/b20-12+. The summed E-state index contributed by atoms with van der Waals surface area (Å²) in [5.41, 5.74) is 4.74. The number of nitrogens with zero attached hydrogens (tertiary/aromatic N) is 1. The summed E-state index contributed by atoms with van der Waals surface area (Å²) in [6.07, 6.45) is 1.54. The Kier molecular flexibility index (Phi) is 5.78. The number of benzene rings is 2. The molecule has 3 rings (SSSR count). The average Bonchev–Trinajstić information content (AvgIpc) is 2.64. The van der Waals surface area contributed by atoms with Crippen molar-refractivity contribution in [3.63, 3.8) is 0 Å². The second-order valence-corrected chi connectivity index (χ2v) is 7.91. The minimum absolute atomic E-state index is 0.0864. The molecule has 156 valence electrons. The second kappa shape index (κ2) is 8.14. The van der Waals surface area contributed by atoms with Gasteiger partial charge < -0.3 is 4.74 Å². The molecule has 1 saturated heterocycles. The Morgan fingerprint density at radius 3 is 2.17 bits per heavy atom. The molecule has 30 heavy (non-hydrogen) atoms. The van der Waals surface area contributed by atoms with Crippen LogP contribution in [0, 0.1) is 20.8 Å². The van der Waals surface area contributed by atoms with Gasteiger partial charge in [-0.05, 0) is 84.8 Å². The van der Waals surface area contributed by atoms with Gasteiger partial charge in [-0.3, -0.25) is 14.9 Å². The van der Waals surface area contributed by atoms with Crippen LogP contribution in [0.3, 0.4) is 0 Å². The summed E-state index contributed by atoms with van der Waals surface area (Å²) in [5.74, 6) is -0.389. The van der Waals surface area contributed by atoms with Crippen molar-refractivity contribution in [2.75, 3.05) is 12.0 Å². The second-order valence-electron chi connectivity index (χ2n) is 7.91. The molecular weight excluding hydrogens is 380 g/mol. The number of hydrogen-bond donors (Lipinski definition) is 1. The predicted molar refractivity (Wildman–Crippen MR) is 117 cm³/mol. The normalized spacial score (nSPS) is 15.8. The van der Waals surface area contributed by atoms with Crippen molar-refractivity contribution in [2.24, 2.45) is 0 Å². The Labute approximate surface area is 176 Å². The average molecular weight is 406 g/mol. The fraction of sp³-hybridized carbons (Fsp3) is 0.292. The van der Waals surface area contributed by atoms with E-state index in [1.807, 2.05) is 52.8 Å². The monoisotopic (exact) mass is 406 g/mol. The molecule has 0 spiro atoms. The third kappa shape index (κ3) is 3.99. The number of urea groups is 1. The summed E-state index contributed by atoms with van der Waals surface area (Å²) in [5, 5.41) is 2.28. The van der Waals surface area contributed by atoms with Gasteiger partial charge >= 0.3 is 6.03 Å². The largest absolute Gasteiger partial charge is 0.496 e. The zero-order chi connectivity index (χ0) is 22.2. The maximum atomic E-state index is 13.2. The topological polar surface area (TPSA) is 75.7 Å². The van der Waals surface area contributed by atoms with Gasteiger partial charge in [0.05, 0.1) is 12.8 Å². The molecule has 0 bridgehead atoms. The molecule has 6 nitrogen and oxygen atoms in total. The SMILES string of the molecule is COc1cc(C)c(/C=C2\C(=O)NC(=O)N(c3cc(C)cc(C)c3)C2=O)cc1C(C)C. The highest BCUT2D eigenvalue weighted by Gasteiger charge is 2.37. The predicted octanol–water partition coefficient (Wildman–Crippen LogP) is 4.41. The van der Waals surface area contributed by atoms with E-state index in [9.17, 15) is 14.4 Å². The van der Waals surface area contributed by atoms with Gasteiger partial charge in [-0.25, -0.2) is 9.69 Å². The lowest BCUT2D eigenvalue weighted by molar-refractivity contribution is -0.122. The molecule has 1 fully saturated rings. The molecule has 4 amide bonds. The van der Waals surface area contributed by atoms with Gasteiger partial charge in [-0.1, -0.05) is 19.9 Å². The van der Waals surface area contributed by atoms with Crippen molar-refractivity contribution < 1.29 is 19.1 Å². The maximum absolute atomic E-state index is 13.2. The molecule has 1 N–H and O–H groups in total. The Bertz CT molecular complexity index is 1060. The quantitative estimate of drug-likeness (QED) is 0.603. The number of carbonyl (C=O) groups excluding carboxylic acids is 3. The molecule has 0 aliphatic carbocycles. The highest BCUT2D eigenvalue weighted by molar-refractivity contribution is 6.39. The number of amides is 4. The smallest absolute Gasteiger partial charge is 0.335 e. The van der Waals surface area contributed by atoms with Gasteiger partial charge in [0.25, 0.3) is 11.8 Å². The highest BCUT2D eigenvalue weighted by Crippen LogP contribution is 2.31. The van der Waals surface area contributed by atoms with Crippen LogP contribution in [-0.2, 0) is 9.59 Å². The maximum Gasteiger partial charge on any atom is 0.335 e. The molecule has 1 aliphatic rings. The Hall–Kier alpha value is -3.41. The van der Waals surface area contributed by atoms with Crippen LogP contribution < -0.4 is 15.0 Å². The number of methoxy groups -OCH3 is 1. The van der Waals surface area contributed by atoms with E-state index in [-0.39, 0.29) is 11.5 Å². The van der Waals surface area contributed by atoms with Gasteiger partial charge in [-0.15, -0.1) is 0 Å². The fourth-order valence-corrected chi connectivity index (χ4v) is 3.63. The molecule has 1 aliphatic heterocycles. The molecule has 2 aromatic rings. The summed E-state index contributed by atoms with van der Waals surface area (Å²) in [7, 11) is 1.62. The number of nitrogens with one attached hydrogen (secondary N) is 1. The van der Waals surface area contributed by atoms with E-state index in [1.165, 1.54) is 0 Å². The lowest BCUT2D eigenvalue weighted by Crippen LogP contribution is -2.54. The molecule has 2 aromatic carbocycles. The Morgan fingerprint density at radius 2 is 1.60 bits per heavy atom. The van der Waals surface area contributed by atoms with Crippen LogP contribution in [0.5, 0.6) is 5.75 Å². The number of barbiturate groups is 1. The van der Waals surface area contributed by atoms with Gasteiger partial charge in [0, 0.05) is 0 Å². The van der Waals surface area contributed by atoms with E-state index in [1.54, 1.807) is 25.3 Å². The van der Waals surface area contributed by atoms with Gasteiger partial charge in [-0.2, -0.15) is 0 Å². The lowest BCUT2D eigenvalue weighted by Gasteiger charge is -2.27. The number of anilines is 1. The van der Waals surface area contributed by atoms with Crippen molar-refractivity contribution in [1.29, 1.82) is 0 Å².